The maximum absolute atomic E-state index is 9.93. The molecule has 0 aliphatic heterocycles. The van der Waals surface area contributed by atoms with Gasteiger partial charge >= 0.3 is 0 Å². The molecule has 5 nitrogen and oxygen atoms in total. The van der Waals surface area contributed by atoms with Crippen molar-refractivity contribution in [3.05, 3.63) is 23.9 Å². The highest BCUT2D eigenvalue weighted by Gasteiger charge is 2.44. The van der Waals surface area contributed by atoms with Crippen molar-refractivity contribution >= 4 is 0 Å². The van der Waals surface area contributed by atoms with Crippen LogP contribution >= 0.6 is 0 Å². The molecule has 0 amide bonds. The van der Waals surface area contributed by atoms with E-state index in [1.54, 1.807) is 0 Å². The van der Waals surface area contributed by atoms with Gasteiger partial charge in [0.15, 0.2) is 0 Å². The predicted molar refractivity (Wildman–Crippen MR) is 85.9 cm³/mol. The minimum Gasteiger partial charge on any atom is -0.477 e. The molecule has 0 radical (unpaired) electrons. The van der Waals surface area contributed by atoms with Crippen LogP contribution in [0.5, 0.6) is 5.88 Å². The highest BCUT2D eigenvalue weighted by Crippen LogP contribution is 2.38. The lowest BCUT2D eigenvalue weighted by molar-refractivity contribution is 0.0438. The summed E-state index contributed by atoms with van der Waals surface area (Å²) in [4.78, 5) is 4.34. The molecule has 0 saturated heterocycles. The van der Waals surface area contributed by atoms with Crippen molar-refractivity contribution in [2.75, 3.05) is 19.7 Å². The van der Waals surface area contributed by atoms with Crippen molar-refractivity contribution in [3.8, 4) is 5.88 Å². The Labute approximate surface area is 132 Å². The van der Waals surface area contributed by atoms with Crippen molar-refractivity contribution in [1.82, 2.24) is 10.3 Å². The predicted octanol–water partition coefficient (Wildman–Crippen LogP) is 1.52. The molecule has 3 atom stereocenters. The SMILES string of the molecule is Cc1cccc(OCC2(CNCC(C)C)C[C@@H](O)[C@@H](O)C2)n1. The topological polar surface area (TPSA) is 74.6 Å². The third-order valence-corrected chi connectivity index (χ3v) is 4.17. The second-order valence-electron chi connectivity index (χ2n) is 6.97. The summed E-state index contributed by atoms with van der Waals surface area (Å²) in [6.45, 7) is 8.33. The lowest BCUT2D eigenvalue weighted by Gasteiger charge is -2.29. The molecule has 1 fully saturated rings. The van der Waals surface area contributed by atoms with Crippen molar-refractivity contribution in [1.29, 1.82) is 0 Å². The van der Waals surface area contributed by atoms with Crippen LogP contribution in [0, 0.1) is 18.3 Å². The van der Waals surface area contributed by atoms with Gasteiger partial charge in [0.2, 0.25) is 5.88 Å². The minimum absolute atomic E-state index is 0.251. The standard InChI is InChI=1S/C17H28N2O3/c1-12(2)9-18-10-17(7-14(20)15(21)8-17)11-22-16-6-4-5-13(3)19-16/h4-6,12,14-15,18,20-21H,7-11H2,1-3H3/t14-,15+,17?. The van der Waals surface area contributed by atoms with Gasteiger partial charge in [-0.25, -0.2) is 4.98 Å². The van der Waals surface area contributed by atoms with E-state index in [0.717, 1.165) is 18.8 Å². The highest BCUT2D eigenvalue weighted by atomic mass is 16.5. The molecule has 5 heteroatoms. The maximum Gasteiger partial charge on any atom is 0.213 e. The number of hydrogen-bond acceptors (Lipinski definition) is 5. The van der Waals surface area contributed by atoms with Crippen LogP contribution in [0.3, 0.4) is 0 Å². The molecule has 1 aliphatic carbocycles. The lowest BCUT2D eigenvalue weighted by atomic mass is 9.86. The van der Waals surface area contributed by atoms with Gasteiger partial charge < -0.3 is 20.3 Å². The maximum atomic E-state index is 9.93. The van der Waals surface area contributed by atoms with E-state index in [1.807, 2.05) is 25.1 Å². The van der Waals surface area contributed by atoms with E-state index in [-0.39, 0.29) is 5.41 Å². The Bertz CT molecular complexity index is 469. The number of aliphatic hydroxyl groups is 2. The van der Waals surface area contributed by atoms with E-state index in [0.29, 0.717) is 31.2 Å². The number of nitrogens with one attached hydrogen (secondary N) is 1. The summed E-state index contributed by atoms with van der Waals surface area (Å²) in [5.41, 5.74) is 0.662. The first kappa shape index (κ1) is 17.2. The molecule has 22 heavy (non-hydrogen) atoms. The normalized spacial score (nSPS) is 28.3. The summed E-state index contributed by atoms with van der Waals surface area (Å²) in [5.74, 6) is 1.16. The van der Waals surface area contributed by atoms with Gasteiger partial charge in [-0.15, -0.1) is 0 Å². The van der Waals surface area contributed by atoms with Crippen LogP contribution in [-0.4, -0.2) is 47.1 Å². The Morgan fingerprint density at radius 2 is 2.00 bits per heavy atom. The smallest absolute Gasteiger partial charge is 0.213 e. The van der Waals surface area contributed by atoms with Gasteiger partial charge in [0.25, 0.3) is 0 Å². The van der Waals surface area contributed by atoms with Crippen molar-refractivity contribution in [2.24, 2.45) is 11.3 Å². The van der Waals surface area contributed by atoms with Gasteiger partial charge in [-0.1, -0.05) is 19.9 Å². The summed E-state index contributed by atoms with van der Waals surface area (Å²) >= 11 is 0. The van der Waals surface area contributed by atoms with E-state index in [9.17, 15) is 10.2 Å². The molecule has 124 valence electrons. The van der Waals surface area contributed by atoms with Gasteiger partial charge in [-0.3, -0.25) is 0 Å². The van der Waals surface area contributed by atoms with E-state index in [4.69, 9.17) is 4.74 Å². The van der Waals surface area contributed by atoms with E-state index < -0.39 is 12.2 Å². The largest absolute Gasteiger partial charge is 0.477 e. The van der Waals surface area contributed by atoms with Crippen LogP contribution in [0.25, 0.3) is 0 Å². The second kappa shape index (κ2) is 7.40. The lowest BCUT2D eigenvalue weighted by Crippen LogP contribution is -2.39. The second-order valence-corrected chi connectivity index (χ2v) is 6.97. The molecular weight excluding hydrogens is 280 g/mol. The zero-order chi connectivity index (χ0) is 16.2. The molecule has 1 unspecified atom stereocenters. The number of ether oxygens (including phenoxy) is 1. The zero-order valence-electron chi connectivity index (χ0n) is 13.7. The fraction of sp³-hybridized carbons (Fsp3) is 0.706. The molecule has 3 N–H and O–H groups in total. The summed E-state index contributed by atoms with van der Waals surface area (Å²) in [7, 11) is 0. The molecule has 0 bridgehead atoms. The molecule has 1 saturated carbocycles. The van der Waals surface area contributed by atoms with Gasteiger partial charge in [0.05, 0.1) is 18.8 Å². The average molecular weight is 308 g/mol. The van der Waals surface area contributed by atoms with E-state index in [2.05, 4.69) is 24.1 Å². The fourth-order valence-electron chi connectivity index (χ4n) is 3.01. The first-order valence-corrected chi connectivity index (χ1v) is 8.03. The van der Waals surface area contributed by atoms with Crippen LogP contribution in [-0.2, 0) is 0 Å². The Morgan fingerprint density at radius 3 is 2.59 bits per heavy atom. The molecule has 2 rings (SSSR count). The minimum atomic E-state index is -0.671. The number of hydrogen-bond donors (Lipinski definition) is 3. The first-order valence-electron chi connectivity index (χ1n) is 8.03. The van der Waals surface area contributed by atoms with Gasteiger partial charge in [0, 0.05) is 23.7 Å². The molecule has 1 aliphatic rings. The Balaban J connectivity index is 1.98. The van der Waals surface area contributed by atoms with Crippen LogP contribution < -0.4 is 10.1 Å². The van der Waals surface area contributed by atoms with Crippen LogP contribution in [0.15, 0.2) is 18.2 Å². The first-order chi connectivity index (χ1) is 10.4. The van der Waals surface area contributed by atoms with E-state index >= 15 is 0 Å². The van der Waals surface area contributed by atoms with Gasteiger partial charge in [-0.05, 0) is 38.3 Å². The van der Waals surface area contributed by atoms with E-state index in [1.165, 1.54) is 0 Å². The van der Waals surface area contributed by atoms with Crippen molar-refractivity contribution in [2.45, 2.75) is 45.8 Å². The average Bonchev–Trinajstić information content (AvgIpc) is 2.72. The highest BCUT2D eigenvalue weighted by molar-refractivity contribution is 5.15. The Morgan fingerprint density at radius 1 is 1.32 bits per heavy atom. The van der Waals surface area contributed by atoms with Crippen LogP contribution in [0.4, 0.5) is 0 Å². The number of pyridine rings is 1. The summed E-state index contributed by atoms with van der Waals surface area (Å²) in [5, 5.41) is 23.3. The third kappa shape index (κ3) is 4.66. The fourth-order valence-corrected chi connectivity index (χ4v) is 3.01. The molecule has 0 spiro atoms. The summed E-state index contributed by atoms with van der Waals surface area (Å²) in [6, 6.07) is 5.68. The monoisotopic (exact) mass is 308 g/mol. The molecule has 1 aromatic heterocycles. The zero-order valence-corrected chi connectivity index (χ0v) is 13.7. The summed E-state index contributed by atoms with van der Waals surface area (Å²) in [6.07, 6.45) is -0.249. The molecule has 1 aromatic rings. The molecule has 0 aromatic carbocycles. The molecular formula is C17H28N2O3. The van der Waals surface area contributed by atoms with Crippen molar-refractivity contribution in [3.63, 3.8) is 0 Å². The van der Waals surface area contributed by atoms with Gasteiger partial charge in [-0.2, -0.15) is 0 Å². The number of aryl methyl sites for hydroxylation is 1. The number of aliphatic hydroxyl groups excluding tert-OH is 2. The van der Waals surface area contributed by atoms with Crippen LogP contribution in [0.2, 0.25) is 0 Å². The summed E-state index contributed by atoms with van der Waals surface area (Å²) < 4.78 is 5.85. The number of rotatable bonds is 7. The Hall–Kier alpha value is -1.17. The van der Waals surface area contributed by atoms with Crippen molar-refractivity contribution < 1.29 is 14.9 Å². The number of nitrogens with zero attached hydrogens (tertiary/aromatic N) is 1. The van der Waals surface area contributed by atoms with Gasteiger partial charge in [0.1, 0.15) is 0 Å². The molecule has 1 heterocycles. The third-order valence-electron chi connectivity index (χ3n) is 4.17. The number of aromatic nitrogens is 1. The quantitative estimate of drug-likeness (QED) is 0.712. The Kier molecular flexibility index (Phi) is 5.78. The van der Waals surface area contributed by atoms with Crippen LogP contribution in [0.1, 0.15) is 32.4 Å².